The molecule has 0 saturated carbocycles. The third kappa shape index (κ3) is 3.53. The number of hydrogen-bond donors (Lipinski definition) is 0. The fraction of sp³-hybridized carbons (Fsp3) is 0.500. The van der Waals surface area contributed by atoms with Gasteiger partial charge in [0, 0.05) is 0 Å². The number of rotatable bonds is 0. The zero-order valence-corrected chi connectivity index (χ0v) is 13.5. The Morgan fingerprint density at radius 2 is 1.15 bits per heavy atom. The molecule has 0 atom stereocenters. The first kappa shape index (κ1) is 13.9. The average Bonchev–Trinajstić information content (AvgIpc) is 2.25. The van der Waals surface area contributed by atoms with Crippen LogP contribution in [0.4, 0.5) is 0 Å². The van der Waals surface area contributed by atoms with Gasteiger partial charge in [0.15, 0.2) is 0 Å². The van der Waals surface area contributed by atoms with Gasteiger partial charge < -0.3 is 0 Å². The normalized spacial score (nSPS) is 9.77. The first-order chi connectivity index (χ1) is 5.97. The van der Waals surface area contributed by atoms with Crippen molar-refractivity contribution in [3.63, 3.8) is 0 Å². The van der Waals surface area contributed by atoms with Crippen LogP contribution in [0.1, 0.15) is 27.8 Å². The zero-order valence-electron chi connectivity index (χ0n) is 8.61. The SMILES string of the molecule is Cc1c(C)c(C)[c-](C)c1C.[Br][Ru][Br]. The second-order valence-corrected chi connectivity index (χ2v) is 11.2. The van der Waals surface area contributed by atoms with E-state index in [1.54, 1.807) is 0 Å². The summed E-state index contributed by atoms with van der Waals surface area (Å²) in [6.07, 6.45) is 0. The molecule has 0 bridgehead atoms. The molecule has 0 aliphatic carbocycles. The van der Waals surface area contributed by atoms with Crippen molar-refractivity contribution in [1.82, 2.24) is 0 Å². The van der Waals surface area contributed by atoms with Gasteiger partial charge in [0.25, 0.3) is 0 Å². The van der Waals surface area contributed by atoms with Crippen LogP contribution in [0.5, 0.6) is 0 Å². The van der Waals surface area contributed by atoms with Gasteiger partial charge in [0.2, 0.25) is 0 Å². The summed E-state index contributed by atoms with van der Waals surface area (Å²) < 4.78 is 0. The topological polar surface area (TPSA) is 0 Å². The van der Waals surface area contributed by atoms with Crippen molar-refractivity contribution in [1.29, 1.82) is 0 Å². The molecule has 1 aromatic rings. The van der Waals surface area contributed by atoms with Gasteiger partial charge in [0.1, 0.15) is 0 Å². The fourth-order valence-corrected chi connectivity index (χ4v) is 1.41. The summed E-state index contributed by atoms with van der Waals surface area (Å²) in [6.45, 7) is 11.0. The average molecular weight is 396 g/mol. The summed E-state index contributed by atoms with van der Waals surface area (Å²) in [6, 6.07) is 0. The van der Waals surface area contributed by atoms with E-state index in [1.807, 2.05) is 0 Å². The van der Waals surface area contributed by atoms with Crippen molar-refractivity contribution < 1.29 is 13.2 Å². The molecular formula is C10H15Br2Ru-. The Balaban J connectivity index is 0.000000424. The van der Waals surface area contributed by atoms with E-state index in [9.17, 15) is 0 Å². The molecule has 0 N–H and O–H groups in total. The van der Waals surface area contributed by atoms with Crippen LogP contribution in [0.15, 0.2) is 0 Å². The standard InChI is InChI=1S/C10H15.2BrH.Ru/c1-6-7(2)9(4)10(5)8(6)3;;;/h1-5H3;2*1H;/q-1;;;+2/p-2. The van der Waals surface area contributed by atoms with Crippen molar-refractivity contribution in [2.24, 2.45) is 0 Å². The van der Waals surface area contributed by atoms with Gasteiger partial charge in [-0.3, -0.25) is 0 Å². The molecule has 0 fully saturated rings. The van der Waals surface area contributed by atoms with Crippen LogP contribution in [0, 0.1) is 34.6 Å². The Hall–Kier alpha value is 0.933. The molecule has 0 radical (unpaired) electrons. The van der Waals surface area contributed by atoms with Crippen LogP contribution in [-0.4, -0.2) is 0 Å². The Labute approximate surface area is 102 Å². The summed E-state index contributed by atoms with van der Waals surface area (Å²) in [4.78, 5) is 0. The molecule has 0 amide bonds. The van der Waals surface area contributed by atoms with Crippen molar-refractivity contribution in [3.05, 3.63) is 27.8 Å². The summed E-state index contributed by atoms with van der Waals surface area (Å²) in [5, 5.41) is 0. The molecule has 0 nitrogen and oxygen atoms in total. The second kappa shape index (κ2) is 6.42. The Kier molecular flexibility index (Phi) is 6.88. The molecule has 13 heavy (non-hydrogen) atoms. The molecule has 0 heterocycles. The van der Waals surface area contributed by atoms with Gasteiger partial charge in [-0.15, -0.1) is 0 Å². The van der Waals surface area contributed by atoms with E-state index in [2.05, 4.69) is 61.9 Å². The third-order valence-corrected chi connectivity index (χ3v) is 2.81. The Morgan fingerprint density at radius 1 is 0.923 bits per heavy atom. The zero-order chi connectivity index (χ0) is 10.6. The maximum atomic E-state index is 3.15. The van der Waals surface area contributed by atoms with E-state index in [4.69, 9.17) is 0 Å². The quantitative estimate of drug-likeness (QED) is 0.443. The Morgan fingerprint density at radius 3 is 1.23 bits per heavy atom. The predicted molar refractivity (Wildman–Crippen MR) is 63.6 cm³/mol. The monoisotopic (exact) mass is 395 g/mol. The van der Waals surface area contributed by atoms with E-state index in [0.717, 1.165) is 0 Å². The number of halogens is 2. The van der Waals surface area contributed by atoms with Crippen molar-refractivity contribution in [3.8, 4) is 0 Å². The summed E-state index contributed by atoms with van der Waals surface area (Å²) >= 11 is 6.64. The molecule has 0 aliphatic heterocycles. The van der Waals surface area contributed by atoms with Crippen LogP contribution in [0.2, 0.25) is 0 Å². The molecule has 0 saturated heterocycles. The van der Waals surface area contributed by atoms with E-state index in [0.29, 0.717) is 13.2 Å². The van der Waals surface area contributed by atoms with E-state index in [1.165, 1.54) is 27.8 Å². The minimum atomic E-state index is 0.335. The minimum absolute atomic E-state index is 0.335. The van der Waals surface area contributed by atoms with Crippen LogP contribution in [0.25, 0.3) is 0 Å². The first-order valence-corrected chi connectivity index (χ1v) is 12.0. The van der Waals surface area contributed by atoms with Crippen molar-refractivity contribution in [2.45, 2.75) is 34.6 Å². The molecular weight excluding hydrogens is 381 g/mol. The van der Waals surface area contributed by atoms with Crippen LogP contribution in [-0.2, 0) is 13.2 Å². The first-order valence-electron chi connectivity index (χ1n) is 4.02. The molecule has 1 aromatic carbocycles. The van der Waals surface area contributed by atoms with Gasteiger partial charge >= 0.3 is 40.5 Å². The molecule has 78 valence electrons. The van der Waals surface area contributed by atoms with Crippen LogP contribution >= 0.6 is 27.2 Å². The van der Waals surface area contributed by atoms with Crippen molar-refractivity contribution >= 4 is 27.2 Å². The maximum absolute atomic E-state index is 3.15. The molecule has 0 unspecified atom stereocenters. The summed E-state index contributed by atoms with van der Waals surface area (Å²) in [5.41, 5.74) is 7.34. The molecule has 0 aliphatic rings. The van der Waals surface area contributed by atoms with Gasteiger partial charge in [-0.1, -0.05) is 34.6 Å². The molecule has 0 aromatic heterocycles. The van der Waals surface area contributed by atoms with E-state index >= 15 is 0 Å². The van der Waals surface area contributed by atoms with E-state index < -0.39 is 0 Å². The predicted octanol–water partition coefficient (Wildman–Crippen LogP) is 4.64. The molecule has 1 rings (SSSR count). The van der Waals surface area contributed by atoms with Gasteiger partial charge in [-0.25, -0.2) is 0 Å². The van der Waals surface area contributed by atoms with Gasteiger partial charge in [-0.05, 0) is 0 Å². The van der Waals surface area contributed by atoms with Gasteiger partial charge in [0.05, 0.1) is 0 Å². The summed E-state index contributed by atoms with van der Waals surface area (Å²) in [5.74, 6) is 0. The number of hydrogen-bond acceptors (Lipinski definition) is 0. The second-order valence-electron chi connectivity index (χ2n) is 3.18. The molecule has 0 spiro atoms. The fourth-order valence-electron chi connectivity index (χ4n) is 1.41. The van der Waals surface area contributed by atoms with Crippen LogP contribution in [0.3, 0.4) is 0 Å². The van der Waals surface area contributed by atoms with Crippen molar-refractivity contribution in [2.75, 3.05) is 0 Å². The summed E-state index contributed by atoms with van der Waals surface area (Å²) in [7, 11) is 0. The van der Waals surface area contributed by atoms with E-state index in [-0.39, 0.29) is 0 Å². The third-order valence-electron chi connectivity index (χ3n) is 2.81. The Bertz CT molecular complexity index is 197. The van der Waals surface area contributed by atoms with Gasteiger partial charge in [-0.2, -0.15) is 27.8 Å². The molecule has 3 heteroatoms. The van der Waals surface area contributed by atoms with Crippen LogP contribution < -0.4 is 0 Å².